The van der Waals surface area contributed by atoms with Crippen molar-refractivity contribution in [3.05, 3.63) is 18.2 Å². The predicted molar refractivity (Wildman–Crippen MR) is 55.4 cm³/mol. The van der Waals surface area contributed by atoms with Crippen LogP contribution in [-0.2, 0) is 0 Å². The Morgan fingerprint density at radius 3 is 3.07 bits per heavy atom. The predicted octanol–water partition coefficient (Wildman–Crippen LogP) is 0.992. The minimum absolute atomic E-state index is 0.285. The fourth-order valence-electron chi connectivity index (χ4n) is 1.29. The van der Waals surface area contributed by atoms with Gasteiger partial charge in [-0.2, -0.15) is 4.98 Å². The number of nitrogens with zero attached hydrogens (tertiary/aromatic N) is 1. The molecule has 0 aromatic carbocycles. The van der Waals surface area contributed by atoms with Crippen molar-refractivity contribution in [1.82, 2.24) is 4.98 Å². The number of ether oxygens (including phenoxy) is 1. The van der Waals surface area contributed by atoms with Crippen LogP contribution in [0.2, 0.25) is 0 Å². The second-order valence-electron chi connectivity index (χ2n) is 3.44. The molecule has 1 aliphatic rings. The van der Waals surface area contributed by atoms with Gasteiger partial charge in [0.1, 0.15) is 5.82 Å². The third-order valence-corrected chi connectivity index (χ3v) is 2.19. The number of hydrogen-bond donors (Lipinski definition) is 2. The summed E-state index contributed by atoms with van der Waals surface area (Å²) in [6, 6.07) is 6.37. The topological polar surface area (TPSA) is 60.2 Å². The zero-order chi connectivity index (χ0) is 9.97. The molecule has 1 aromatic heterocycles. The zero-order valence-corrected chi connectivity index (χ0v) is 8.23. The quantitative estimate of drug-likeness (QED) is 0.748. The van der Waals surface area contributed by atoms with Crippen LogP contribution in [-0.4, -0.2) is 23.7 Å². The highest BCUT2D eigenvalue weighted by Gasteiger charge is 2.33. The molecular formula is C10H15N3O. The first-order valence-electron chi connectivity index (χ1n) is 4.91. The van der Waals surface area contributed by atoms with Crippen LogP contribution in [0.25, 0.3) is 0 Å². The highest BCUT2D eigenvalue weighted by molar-refractivity contribution is 5.40. The van der Waals surface area contributed by atoms with E-state index in [9.17, 15) is 0 Å². The average molecular weight is 193 g/mol. The van der Waals surface area contributed by atoms with Crippen LogP contribution in [0.5, 0.6) is 5.88 Å². The highest BCUT2D eigenvalue weighted by Crippen LogP contribution is 2.23. The van der Waals surface area contributed by atoms with Gasteiger partial charge in [-0.1, -0.05) is 6.07 Å². The third kappa shape index (κ3) is 2.14. The van der Waals surface area contributed by atoms with Gasteiger partial charge in [0.05, 0.1) is 6.61 Å². The molecule has 4 nitrogen and oxygen atoms in total. The standard InChI is InChI=1S/C10H15N3O/c1-2-14-10-5-3-4-9(13-10)12-8-6-7(8)11/h3-5,7-8H,2,6,11H2,1H3,(H,12,13). The summed E-state index contributed by atoms with van der Waals surface area (Å²) in [6.07, 6.45) is 1.03. The Bertz CT molecular complexity index is 316. The maximum atomic E-state index is 5.69. The molecule has 1 aromatic rings. The summed E-state index contributed by atoms with van der Waals surface area (Å²) in [4.78, 5) is 4.29. The van der Waals surface area contributed by atoms with E-state index < -0.39 is 0 Å². The number of nitrogens with two attached hydrogens (primary N) is 1. The molecule has 0 aliphatic heterocycles. The van der Waals surface area contributed by atoms with E-state index >= 15 is 0 Å². The second kappa shape index (κ2) is 3.84. The molecule has 0 spiro atoms. The van der Waals surface area contributed by atoms with Crippen LogP contribution in [0.3, 0.4) is 0 Å². The van der Waals surface area contributed by atoms with Gasteiger partial charge >= 0.3 is 0 Å². The van der Waals surface area contributed by atoms with Crippen LogP contribution >= 0.6 is 0 Å². The fourth-order valence-corrected chi connectivity index (χ4v) is 1.29. The third-order valence-electron chi connectivity index (χ3n) is 2.19. The number of pyridine rings is 1. The Hall–Kier alpha value is -1.29. The Morgan fingerprint density at radius 2 is 2.43 bits per heavy atom. The van der Waals surface area contributed by atoms with Gasteiger partial charge in [0.15, 0.2) is 0 Å². The van der Waals surface area contributed by atoms with Gasteiger partial charge in [-0.25, -0.2) is 0 Å². The molecule has 2 rings (SSSR count). The number of hydrogen-bond acceptors (Lipinski definition) is 4. The van der Waals surface area contributed by atoms with Gasteiger partial charge < -0.3 is 15.8 Å². The van der Waals surface area contributed by atoms with E-state index in [4.69, 9.17) is 10.5 Å². The molecule has 2 unspecified atom stereocenters. The Kier molecular flexibility index (Phi) is 2.54. The van der Waals surface area contributed by atoms with Gasteiger partial charge in [0.25, 0.3) is 0 Å². The molecule has 4 heteroatoms. The van der Waals surface area contributed by atoms with E-state index in [-0.39, 0.29) is 6.04 Å². The van der Waals surface area contributed by atoms with Crippen molar-refractivity contribution in [3.63, 3.8) is 0 Å². The number of rotatable bonds is 4. The minimum atomic E-state index is 0.285. The summed E-state index contributed by atoms with van der Waals surface area (Å²) in [5, 5.41) is 3.25. The molecule has 2 atom stereocenters. The smallest absolute Gasteiger partial charge is 0.215 e. The summed E-state index contributed by atoms with van der Waals surface area (Å²) in [6.45, 7) is 2.58. The second-order valence-corrected chi connectivity index (χ2v) is 3.44. The monoisotopic (exact) mass is 193 g/mol. The summed E-state index contributed by atoms with van der Waals surface area (Å²) in [5.41, 5.74) is 5.69. The Balaban J connectivity index is 1.99. The summed E-state index contributed by atoms with van der Waals surface area (Å²) in [7, 11) is 0. The van der Waals surface area contributed by atoms with E-state index in [1.807, 2.05) is 25.1 Å². The Morgan fingerprint density at radius 1 is 1.64 bits per heavy atom. The number of nitrogens with one attached hydrogen (secondary N) is 1. The molecule has 3 N–H and O–H groups in total. The lowest BCUT2D eigenvalue weighted by Crippen LogP contribution is -2.14. The molecule has 0 amide bonds. The molecule has 76 valence electrons. The molecule has 0 saturated heterocycles. The van der Waals surface area contributed by atoms with Gasteiger partial charge in [-0.05, 0) is 19.4 Å². The number of aromatic nitrogens is 1. The summed E-state index contributed by atoms with van der Waals surface area (Å²) < 4.78 is 5.29. The molecular weight excluding hydrogens is 178 g/mol. The molecule has 14 heavy (non-hydrogen) atoms. The maximum Gasteiger partial charge on any atom is 0.215 e. The van der Waals surface area contributed by atoms with Crippen molar-refractivity contribution < 1.29 is 4.74 Å². The summed E-state index contributed by atoms with van der Waals surface area (Å²) >= 11 is 0. The minimum Gasteiger partial charge on any atom is -0.478 e. The molecule has 1 heterocycles. The van der Waals surface area contributed by atoms with E-state index in [2.05, 4.69) is 10.3 Å². The first kappa shape index (κ1) is 9.27. The molecule has 1 fully saturated rings. The van der Waals surface area contributed by atoms with Crippen molar-refractivity contribution >= 4 is 5.82 Å². The van der Waals surface area contributed by atoms with Gasteiger partial charge in [0.2, 0.25) is 5.88 Å². The Labute approximate surface area is 83.5 Å². The van der Waals surface area contributed by atoms with Crippen molar-refractivity contribution in [2.45, 2.75) is 25.4 Å². The lowest BCUT2D eigenvalue weighted by Gasteiger charge is -2.06. The van der Waals surface area contributed by atoms with E-state index in [0.29, 0.717) is 18.5 Å². The van der Waals surface area contributed by atoms with Crippen LogP contribution in [0.4, 0.5) is 5.82 Å². The fraction of sp³-hybridized carbons (Fsp3) is 0.500. The van der Waals surface area contributed by atoms with Crippen LogP contribution in [0.15, 0.2) is 18.2 Å². The first-order valence-corrected chi connectivity index (χ1v) is 4.91. The van der Waals surface area contributed by atoms with Crippen LogP contribution in [0, 0.1) is 0 Å². The molecule has 1 saturated carbocycles. The van der Waals surface area contributed by atoms with Gasteiger partial charge in [-0.15, -0.1) is 0 Å². The number of anilines is 1. The van der Waals surface area contributed by atoms with E-state index in [1.165, 1.54) is 0 Å². The van der Waals surface area contributed by atoms with Gasteiger partial charge in [-0.3, -0.25) is 0 Å². The molecule has 1 aliphatic carbocycles. The van der Waals surface area contributed by atoms with Crippen LogP contribution < -0.4 is 15.8 Å². The zero-order valence-electron chi connectivity index (χ0n) is 8.23. The van der Waals surface area contributed by atoms with Crippen LogP contribution in [0.1, 0.15) is 13.3 Å². The summed E-state index contributed by atoms with van der Waals surface area (Å²) in [5.74, 6) is 1.50. The SMILES string of the molecule is CCOc1cccc(NC2CC2N)n1. The van der Waals surface area contributed by atoms with Crippen molar-refractivity contribution in [2.24, 2.45) is 5.73 Å². The molecule has 0 radical (unpaired) electrons. The first-order chi connectivity index (χ1) is 6.79. The largest absolute Gasteiger partial charge is 0.478 e. The highest BCUT2D eigenvalue weighted by atomic mass is 16.5. The van der Waals surface area contributed by atoms with Gasteiger partial charge in [0, 0.05) is 18.2 Å². The normalized spacial score (nSPS) is 24.4. The lowest BCUT2D eigenvalue weighted by atomic mass is 10.4. The average Bonchev–Trinajstić information content (AvgIpc) is 2.83. The van der Waals surface area contributed by atoms with E-state index in [1.54, 1.807) is 0 Å². The van der Waals surface area contributed by atoms with Crippen molar-refractivity contribution in [3.8, 4) is 5.88 Å². The molecule has 0 bridgehead atoms. The van der Waals surface area contributed by atoms with Crippen molar-refractivity contribution in [2.75, 3.05) is 11.9 Å². The lowest BCUT2D eigenvalue weighted by molar-refractivity contribution is 0.327. The van der Waals surface area contributed by atoms with Crippen molar-refractivity contribution in [1.29, 1.82) is 0 Å². The van der Waals surface area contributed by atoms with E-state index in [0.717, 1.165) is 12.2 Å². The maximum absolute atomic E-state index is 5.69.